The van der Waals surface area contributed by atoms with Crippen molar-refractivity contribution >= 4 is 21.9 Å². The first-order valence-corrected chi connectivity index (χ1v) is 5.54. The number of rotatable bonds is 1. The Bertz CT molecular complexity index is 378. The Kier molecular flexibility index (Phi) is 3.55. The van der Waals surface area contributed by atoms with Gasteiger partial charge in [-0.15, -0.1) is 0 Å². The minimum atomic E-state index is -0.317. The number of benzene rings is 1. The van der Waals surface area contributed by atoms with Crippen LogP contribution in [-0.4, -0.2) is 13.1 Å². The zero-order valence-corrected chi connectivity index (χ0v) is 11.0. The first-order chi connectivity index (χ1) is 6.86. The number of methoxy groups -OCH3 is 1. The maximum absolute atomic E-state index is 11.3. The van der Waals surface area contributed by atoms with Gasteiger partial charge in [0, 0.05) is 4.47 Å². The van der Waals surface area contributed by atoms with Gasteiger partial charge in [0.25, 0.3) is 0 Å². The number of halogens is 1. The van der Waals surface area contributed by atoms with Gasteiger partial charge in [0.05, 0.1) is 12.7 Å². The van der Waals surface area contributed by atoms with E-state index in [-0.39, 0.29) is 11.4 Å². The SMILES string of the molecule is COC(=O)c1ccc(C(C)(C)C)cc1Br. The molecular weight excluding hydrogens is 256 g/mol. The molecule has 0 saturated heterocycles. The lowest BCUT2D eigenvalue weighted by molar-refractivity contribution is 0.0599. The van der Waals surface area contributed by atoms with Gasteiger partial charge in [-0.25, -0.2) is 4.79 Å². The van der Waals surface area contributed by atoms with Crippen molar-refractivity contribution in [2.75, 3.05) is 7.11 Å². The lowest BCUT2D eigenvalue weighted by Gasteiger charge is -2.19. The van der Waals surface area contributed by atoms with E-state index in [0.717, 1.165) is 4.47 Å². The molecule has 0 aliphatic heterocycles. The van der Waals surface area contributed by atoms with Crippen LogP contribution >= 0.6 is 15.9 Å². The molecule has 0 saturated carbocycles. The van der Waals surface area contributed by atoms with E-state index >= 15 is 0 Å². The molecule has 0 spiro atoms. The molecule has 1 aromatic carbocycles. The molecule has 0 unspecified atom stereocenters. The average molecular weight is 271 g/mol. The van der Waals surface area contributed by atoms with Gasteiger partial charge in [-0.1, -0.05) is 26.8 Å². The number of esters is 1. The molecule has 0 aliphatic carbocycles. The fourth-order valence-electron chi connectivity index (χ4n) is 1.26. The number of carbonyl (C=O) groups excluding carboxylic acids is 1. The van der Waals surface area contributed by atoms with Crippen LogP contribution in [0.15, 0.2) is 22.7 Å². The van der Waals surface area contributed by atoms with E-state index in [2.05, 4.69) is 41.4 Å². The molecule has 0 heterocycles. The minimum Gasteiger partial charge on any atom is -0.465 e. The Morgan fingerprint density at radius 1 is 1.33 bits per heavy atom. The molecule has 0 radical (unpaired) electrons. The van der Waals surface area contributed by atoms with Gasteiger partial charge in [-0.3, -0.25) is 0 Å². The van der Waals surface area contributed by atoms with Crippen LogP contribution in [0.3, 0.4) is 0 Å². The predicted octanol–water partition coefficient (Wildman–Crippen LogP) is 3.53. The van der Waals surface area contributed by atoms with Crippen LogP contribution in [0.4, 0.5) is 0 Å². The molecule has 0 amide bonds. The fraction of sp³-hybridized carbons (Fsp3) is 0.417. The third kappa shape index (κ3) is 2.81. The molecule has 15 heavy (non-hydrogen) atoms. The van der Waals surface area contributed by atoms with Crippen LogP contribution in [0.2, 0.25) is 0 Å². The lowest BCUT2D eigenvalue weighted by Crippen LogP contribution is -2.12. The molecule has 0 fully saturated rings. The zero-order valence-electron chi connectivity index (χ0n) is 9.43. The zero-order chi connectivity index (χ0) is 11.6. The van der Waals surface area contributed by atoms with Crippen molar-refractivity contribution in [3.05, 3.63) is 33.8 Å². The molecule has 0 N–H and O–H groups in total. The third-order valence-corrected chi connectivity index (χ3v) is 2.90. The Morgan fingerprint density at radius 3 is 2.33 bits per heavy atom. The molecule has 0 aliphatic rings. The average Bonchev–Trinajstić information content (AvgIpc) is 2.15. The van der Waals surface area contributed by atoms with Crippen LogP contribution in [0.1, 0.15) is 36.7 Å². The van der Waals surface area contributed by atoms with Gasteiger partial charge < -0.3 is 4.74 Å². The van der Waals surface area contributed by atoms with E-state index in [1.807, 2.05) is 12.1 Å². The Labute approximate surface area is 98.8 Å². The van der Waals surface area contributed by atoms with E-state index in [4.69, 9.17) is 0 Å². The highest BCUT2D eigenvalue weighted by molar-refractivity contribution is 9.10. The first kappa shape index (κ1) is 12.2. The van der Waals surface area contributed by atoms with Crippen LogP contribution in [-0.2, 0) is 10.2 Å². The van der Waals surface area contributed by atoms with Crippen LogP contribution in [0, 0.1) is 0 Å². The van der Waals surface area contributed by atoms with E-state index in [9.17, 15) is 4.79 Å². The number of hydrogen-bond acceptors (Lipinski definition) is 2. The second-order valence-corrected chi connectivity index (χ2v) is 5.29. The summed E-state index contributed by atoms with van der Waals surface area (Å²) in [5, 5.41) is 0. The van der Waals surface area contributed by atoms with Crippen molar-refractivity contribution in [2.24, 2.45) is 0 Å². The quantitative estimate of drug-likeness (QED) is 0.730. The largest absolute Gasteiger partial charge is 0.465 e. The summed E-state index contributed by atoms with van der Waals surface area (Å²) in [5.41, 5.74) is 1.82. The normalized spacial score (nSPS) is 11.3. The van der Waals surface area contributed by atoms with Gasteiger partial charge in [-0.05, 0) is 39.0 Å². The second-order valence-electron chi connectivity index (χ2n) is 4.44. The molecule has 1 rings (SSSR count). The molecule has 3 heteroatoms. The van der Waals surface area contributed by atoms with Gasteiger partial charge in [0.2, 0.25) is 0 Å². The highest BCUT2D eigenvalue weighted by atomic mass is 79.9. The number of hydrogen-bond donors (Lipinski definition) is 0. The van der Waals surface area contributed by atoms with E-state index in [0.29, 0.717) is 5.56 Å². The second kappa shape index (κ2) is 4.35. The molecule has 0 bridgehead atoms. The van der Waals surface area contributed by atoms with Crippen molar-refractivity contribution in [3.63, 3.8) is 0 Å². The maximum atomic E-state index is 11.3. The predicted molar refractivity (Wildman–Crippen MR) is 64.2 cm³/mol. The Hall–Kier alpha value is -0.830. The molecule has 2 nitrogen and oxygen atoms in total. The van der Waals surface area contributed by atoms with Crippen molar-refractivity contribution in [2.45, 2.75) is 26.2 Å². The monoisotopic (exact) mass is 270 g/mol. The Balaban J connectivity index is 3.15. The molecular formula is C12H15BrO2. The van der Waals surface area contributed by atoms with Crippen LogP contribution in [0.5, 0.6) is 0 Å². The summed E-state index contributed by atoms with van der Waals surface area (Å²) in [5.74, 6) is -0.317. The number of ether oxygens (including phenoxy) is 1. The molecule has 82 valence electrons. The highest BCUT2D eigenvalue weighted by Crippen LogP contribution is 2.27. The summed E-state index contributed by atoms with van der Waals surface area (Å²) < 4.78 is 5.45. The van der Waals surface area contributed by atoms with Gasteiger partial charge in [-0.2, -0.15) is 0 Å². The lowest BCUT2D eigenvalue weighted by atomic mass is 9.87. The molecule has 0 atom stereocenters. The van der Waals surface area contributed by atoms with Crippen molar-refractivity contribution in [1.29, 1.82) is 0 Å². The smallest absolute Gasteiger partial charge is 0.338 e. The van der Waals surface area contributed by atoms with Gasteiger partial charge in [0.15, 0.2) is 0 Å². The van der Waals surface area contributed by atoms with Crippen LogP contribution in [0.25, 0.3) is 0 Å². The van der Waals surface area contributed by atoms with E-state index in [1.54, 1.807) is 6.07 Å². The van der Waals surface area contributed by atoms with Crippen molar-refractivity contribution in [3.8, 4) is 0 Å². The Morgan fingerprint density at radius 2 is 1.93 bits per heavy atom. The van der Waals surface area contributed by atoms with Gasteiger partial charge in [0.1, 0.15) is 0 Å². The summed E-state index contributed by atoms with van der Waals surface area (Å²) in [4.78, 5) is 11.3. The number of carbonyl (C=O) groups is 1. The first-order valence-electron chi connectivity index (χ1n) is 4.74. The molecule has 0 aromatic heterocycles. The van der Waals surface area contributed by atoms with Crippen molar-refractivity contribution < 1.29 is 9.53 Å². The van der Waals surface area contributed by atoms with E-state index in [1.165, 1.54) is 12.7 Å². The van der Waals surface area contributed by atoms with E-state index < -0.39 is 0 Å². The van der Waals surface area contributed by atoms with Crippen molar-refractivity contribution in [1.82, 2.24) is 0 Å². The summed E-state index contributed by atoms with van der Waals surface area (Å²) >= 11 is 3.38. The third-order valence-electron chi connectivity index (χ3n) is 2.24. The van der Waals surface area contributed by atoms with Crippen LogP contribution < -0.4 is 0 Å². The maximum Gasteiger partial charge on any atom is 0.338 e. The molecule has 1 aromatic rings. The summed E-state index contributed by atoms with van der Waals surface area (Å²) in [6.07, 6.45) is 0. The topological polar surface area (TPSA) is 26.3 Å². The summed E-state index contributed by atoms with van der Waals surface area (Å²) in [6, 6.07) is 5.71. The summed E-state index contributed by atoms with van der Waals surface area (Å²) in [7, 11) is 1.38. The minimum absolute atomic E-state index is 0.0805. The highest BCUT2D eigenvalue weighted by Gasteiger charge is 2.17. The van der Waals surface area contributed by atoms with Gasteiger partial charge >= 0.3 is 5.97 Å². The standard InChI is InChI=1S/C12H15BrO2/c1-12(2,3)8-5-6-9(10(13)7-8)11(14)15-4/h5-7H,1-4H3. The summed E-state index contributed by atoms with van der Waals surface area (Å²) in [6.45, 7) is 6.39. The fourth-order valence-corrected chi connectivity index (χ4v) is 1.80.